The second kappa shape index (κ2) is 11.9. The van der Waals surface area contributed by atoms with Crippen LogP contribution in [0.5, 0.6) is 5.75 Å². The fraction of sp³-hybridized carbons (Fsp3) is 0.308. The van der Waals surface area contributed by atoms with E-state index in [2.05, 4.69) is 18.2 Å². The smallest absolute Gasteiger partial charge is 0.472 e. The molecule has 0 unspecified atom stereocenters. The Hall–Kier alpha value is -1.83. The van der Waals surface area contributed by atoms with Gasteiger partial charge in [0.15, 0.2) is 0 Å². The van der Waals surface area contributed by atoms with Gasteiger partial charge in [0.2, 0.25) is 0 Å². The predicted octanol–water partition coefficient (Wildman–Crippen LogP) is 6.63. The number of rotatable bonds is 10. The van der Waals surface area contributed by atoms with Crippen LogP contribution in [0.4, 0.5) is 0 Å². The van der Waals surface area contributed by atoms with Crippen molar-refractivity contribution < 1.29 is 23.2 Å². The Bertz CT molecular complexity index is 1170. The van der Waals surface area contributed by atoms with Crippen molar-refractivity contribution in [1.29, 1.82) is 0 Å². The lowest BCUT2D eigenvalue weighted by molar-refractivity contribution is 0.0360. The minimum atomic E-state index is -3.92. The molecular formula is C26H29ClNO5PS. The molecule has 3 aromatic carbocycles. The van der Waals surface area contributed by atoms with Crippen molar-refractivity contribution in [1.82, 2.24) is 0 Å². The summed E-state index contributed by atoms with van der Waals surface area (Å²) < 4.78 is 27.0. The molecule has 0 atom stereocenters. The van der Waals surface area contributed by atoms with Crippen LogP contribution in [0.3, 0.4) is 0 Å². The molecule has 3 N–H and O–H groups in total. The minimum absolute atomic E-state index is 0.0198. The molecule has 1 aliphatic rings. The lowest BCUT2D eigenvalue weighted by Crippen LogP contribution is -2.50. The van der Waals surface area contributed by atoms with Crippen molar-refractivity contribution >= 4 is 31.2 Å². The van der Waals surface area contributed by atoms with Gasteiger partial charge in [0.1, 0.15) is 12.4 Å². The largest absolute Gasteiger partial charge is 0.489 e. The van der Waals surface area contributed by atoms with Crippen molar-refractivity contribution in [3.05, 3.63) is 88.9 Å². The lowest BCUT2D eigenvalue weighted by atomic mass is 9.94. The molecule has 0 spiro atoms. The number of phosphoric ester groups is 1. The summed E-state index contributed by atoms with van der Waals surface area (Å²) in [5, 5.41) is 0.736. The quantitative estimate of drug-likeness (QED) is 0.223. The topological polar surface area (TPSA) is 91.0 Å². The molecule has 35 heavy (non-hydrogen) atoms. The van der Waals surface area contributed by atoms with Crippen LogP contribution in [0.25, 0.3) is 0 Å². The number of nitrogens with two attached hydrogens (primary N) is 1. The number of unbranched alkanes of at least 4 members (excludes halogenated alkanes) is 1. The molecule has 1 saturated heterocycles. The standard InChI is InChI=1S/C26H29ClNO5PS/c27-25-16-24(35-23-11-6-10-22(15-23)31-17-20-7-2-1-3-8-20)13-12-21(25)9-4-5-14-26(28)18-32-34(29,30)33-19-26/h1-3,6-8,10-13,15-16H,4-5,9,14,17-19,28H2,(H,29,30). The van der Waals surface area contributed by atoms with Crippen molar-refractivity contribution in [2.75, 3.05) is 13.2 Å². The fourth-order valence-corrected chi connectivity index (χ4v) is 5.90. The van der Waals surface area contributed by atoms with Gasteiger partial charge in [-0.15, -0.1) is 0 Å². The molecule has 0 aliphatic carbocycles. The van der Waals surface area contributed by atoms with Gasteiger partial charge in [-0.25, -0.2) is 4.57 Å². The summed E-state index contributed by atoms with van der Waals surface area (Å²) in [6.07, 6.45) is 3.19. The highest BCUT2D eigenvalue weighted by atomic mass is 35.5. The highest BCUT2D eigenvalue weighted by Crippen LogP contribution is 2.48. The average molecular weight is 534 g/mol. The first kappa shape index (κ1) is 26.2. The zero-order valence-corrected chi connectivity index (χ0v) is 21.7. The third-order valence-corrected chi connectivity index (χ3v) is 7.96. The molecule has 0 bridgehead atoms. The number of benzene rings is 3. The van der Waals surface area contributed by atoms with Gasteiger partial charge in [-0.05, 0) is 60.7 Å². The van der Waals surface area contributed by atoms with E-state index in [-0.39, 0.29) is 13.2 Å². The first-order valence-corrected chi connectivity index (χ1v) is 14.1. The van der Waals surface area contributed by atoms with Gasteiger partial charge in [0, 0.05) is 14.8 Å². The zero-order chi connectivity index (χ0) is 24.7. The Labute approximate surface area is 215 Å². The highest BCUT2D eigenvalue weighted by Gasteiger charge is 2.38. The molecule has 1 aliphatic heterocycles. The summed E-state index contributed by atoms with van der Waals surface area (Å²) >= 11 is 8.21. The third-order valence-electron chi connectivity index (χ3n) is 5.72. The van der Waals surface area contributed by atoms with E-state index in [9.17, 15) is 9.46 Å². The first-order chi connectivity index (χ1) is 16.8. The Morgan fingerprint density at radius 3 is 2.49 bits per heavy atom. The van der Waals surface area contributed by atoms with Gasteiger partial charge >= 0.3 is 7.82 Å². The highest BCUT2D eigenvalue weighted by molar-refractivity contribution is 7.99. The third kappa shape index (κ3) is 8.09. The molecule has 9 heteroatoms. The molecule has 0 amide bonds. The molecule has 0 radical (unpaired) electrons. The van der Waals surface area contributed by atoms with E-state index in [4.69, 9.17) is 31.1 Å². The molecule has 3 aromatic rings. The van der Waals surface area contributed by atoms with Crippen LogP contribution in [0.1, 0.15) is 30.4 Å². The van der Waals surface area contributed by atoms with E-state index >= 15 is 0 Å². The molecule has 0 aromatic heterocycles. The van der Waals surface area contributed by atoms with Gasteiger partial charge in [-0.1, -0.05) is 72.2 Å². The molecular weight excluding hydrogens is 505 g/mol. The van der Waals surface area contributed by atoms with Crippen LogP contribution in [0.2, 0.25) is 5.02 Å². The van der Waals surface area contributed by atoms with E-state index in [0.717, 1.165) is 51.0 Å². The number of aryl methyl sites for hydroxylation is 1. The first-order valence-electron chi connectivity index (χ1n) is 11.4. The summed E-state index contributed by atoms with van der Waals surface area (Å²) in [6.45, 7) is 0.570. The molecule has 4 rings (SSSR count). The maximum absolute atomic E-state index is 11.3. The van der Waals surface area contributed by atoms with Crippen molar-refractivity contribution in [3.63, 3.8) is 0 Å². The van der Waals surface area contributed by atoms with Crippen LogP contribution in [0.15, 0.2) is 82.6 Å². The molecule has 1 fully saturated rings. The Kier molecular flexibility index (Phi) is 8.95. The maximum Gasteiger partial charge on any atom is 0.472 e. The molecule has 1 heterocycles. The normalized spacial score (nSPS) is 22.1. The van der Waals surface area contributed by atoms with Crippen LogP contribution in [-0.4, -0.2) is 23.6 Å². The number of ether oxygens (including phenoxy) is 1. The van der Waals surface area contributed by atoms with Crippen molar-refractivity contribution in [2.45, 2.75) is 47.6 Å². The summed E-state index contributed by atoms with van der Waals surface area (Å²) in [4.78, 5) is 11.4. The van der Waals surface area contributed by atoms with E-state index in [1.54, 1.807) is 11.8 Å². The van der Waals surface area contributed by atoms with Gasteiger partial charge in [-0.2, -0.15) is 0 Å². The van der Waals surface area contributed by atoms with Crippen LogP contribution < -0.4 is 10.5 Å². The second-order valence-corrected chi connectivity index (χ2v) is 11.7. The van der Waals surface area contributed by atoms with Crippen LogP contribution in [0, 0.1) is 0 Å². The number of hydrogen-bond acceptors (Lipinski definition) is 6. The van der Waals surface area contributed by atoms with Gasteiger partial charge in [0.05, 0.1) is 18.8 Å². The number of phosphoric acid groups is 1. The van der Waals surface area contributed by atoms with Gasteiger partial charge in [-0.3, -0.25) is 9.05 Å². The molecule has 6 nitrogen and oxygen atoms in total. The van der Waals surface area contributed by atoms with E-state index < -0.39 is 13.4 Å². The summed E-state index contributed by atoms with van der Waals surface area (Å²) in [6, 6.07) is 24.3. The van der Waals surface area contributed by atoms with E-state index in [1.165, 1.54) is 0 Å². The van der Waals surface area contributed by atoms with Crippen LogP contribution in [-0.2, 0) is 26.6 Å². The lowest BCUT2D eigenvalue weighted by Gasteiger charge is -2.34. The Balaban J connectivity index is 1.25. The molecule has 0 saturated carbocycles. The van der Waals surface area contributed by atoms with Gasteiger partial charge < -0.3 is 15.4 Å². The Morgan fingerprint density at radius 1 is 1.00 bits per heavy atom. The number of halogens is 1. The summed E-state index contributed by atoms with van der Waals surface area (Å²) in [5.41, 5.74) is 7.70. The SMILES string of the molecule is NC1(CCCCc2ccc(Sc3cccc(OCc4ccccc4)c3)cc2Cl)COP(=O)(O)OC1. The van der Waals surface area contributed by atoms with Crippen molar-refractivity contribution in [2.24, 2.45) is 5.73 Å². The average Bonchev–Trinajstić information content (AvgIpc) is 2.85. The van der Waals surface area contributed by atoms with Crippen LogP contribution >= 0.6 is 31.2 Å². The molecule has 186 valence electrons. The number of hydrogen-bond donors (Lipinski definition) is 2. The predicted molar refractivity (Wildman–Crippen MR) is 139 cm³/mol. The monoisotopic (exact) mass is 533 g/mol. The minimum Gasteiger partial charge on any atom is -0.489 e. The second-order valence-electron chi connectivity index (χ2n) is 8.69. The van der Waals surface area contributed by atoms with E-state index in [1.807, 2.05) is 54.6 Å². The van der Waals surface area contributed by atoms with Gasteiger partial charge in [0.25, 0.3) is 0 Å². The Morgan fingerprint density at radius 2 is 1.74 bits per heavy atom. The van der Waals surface area contributed by atoms with E-state index in [0.29, 0.717) is 13.0 Å². The maximum atomic E-state index is 11.3. The van der Waals surface area contributed by atoms with Crippen molar-refractivity contribution in [3.8, 4) is 5.75 Å². The zero-order valence-electron chi connectivity index (χ0n) is 19.3. The summed E-state index contributed by atoms with van der Waals surface area (Å²) in [5.74, 6) is 0.829. The fourth-order valence-electron chi connectivity index (χ4n) is 3.73. The summed E-state index contributed by atoms with van der Waals surface area (Å²) in [7, 11) is -3.92.